The average Bonchev–Trinajstić information content (AvgIpc) is 3.63. The maximum Gasteiger partial charge on any atom is 0.289 e. The highest BCUT2D eigenvalue weighted by molar-refractivity contribution is 5.91. The molecule has 208 valence electrons. The number of furan rings is 2. The van der Waals surface area contributed by atoms with Crippen LogP contribution in [0.3, 0.4) is 0 Å². The van der Waals surface area contributed by atoms with E-state index in [1.165, 1.54) is 11.1 Å². The number of hydrogen-bond donors (Lipinski definition) is 0. The Labute approximate surface area is 235 Å². The van der Waals surface area contributed by atoms with E-state index in [2.05, 4.69) is 51.1 Å². The molecular weight excluding hydrogens is 504 g/mol. The molecule has 0 saturated heterocycles. The van der Waals surface area contributed by atoms with Crippen molar-refractivity contribution in [1.29, 1.82) is 0 Å². The minimum absolute atomic E-state index is 0.169. The highest BCUT2D eigenvalue weighted by Crippen LogP contribution is 2.38. The van der Waals surface area contributed by atoms with Gasteiger partial charge in [0.05, 0.1) is 18.8 Å². The lowest BCUT2D eigenvalue weighted by atomic mass is 9.87. The molecule has 2 aromatic carbocycles. The van der Waals surface area contributed by atoms with Crippen molar-refractivity contribution in [2.45, 2.75) is 52.8 Å². The molecule has 2 amide bonds. The van der Waals surface area contributed by atoms with Crippen molar-refractivity contribution in [3.8, 4) is 5.75 Å². The van der Waals surface area contributed by atoms with Crippen molar-refractivity contribution in [1.82, 2.24) is 9.80 Å². The van der Waals surface area contributed by atoms with Gasteiger partial charge < -0.3 is 23.4 Å². The Kier molecular flexibility index (Phi) is 8.10. The van der Waals surface area contributed by atoms with E-state index in [0.717, 1.165) is 17.5 Å². The van der Waals surface area contributed by atoms with Gasteiger partial charge in [0.25, 0.3) is 5.91 Å². The molecule has 0 bridgehead atoms. The fraction of sp³-hybridized carbons (Fsp3) is 0.333. The van der Waals surface area contributed by atoms with Crippen LogP contribution in [0.15, 0.2) is 81.8 Å². The van der Waals surface area contributed by atoms with E-state index in [9.17, 15) is 9.59 Å². The molecule has 7 nitrogen and oxygen atoms in total. The number of aryl methyl sites for hydroxylation is 1. The van der Waals surface area contributed by atoms with Gasteiger partial charge in [-0.3, -0.25) is 9.59 Å². The Morgan fingerprint density at radius 2 is 1.85 bits per heavy atom. The van der Waals surface area contributed by atoms with Gasteiger partial charge >= 0.3 is 0 Å². The maximum atomic E-state index is 13.3. The van der Waals surface area contributed by atoms with E-state index in [4.69, 9.17) is 13.6 Å². The van der Waals surface area contributed by atoms with Crippen LogP contribution in [0.25, 0.3) is 0 Å². The van der Waals surface area contributed by atoms with Crippen molar-refractivity contribution >= 4 is 11.8 Å². The number of amides is 2. The minimum Gasteiger partial charge on any atom is -0.486 e. The average molecular weight is 541 g/mol. The number of rotatable bonds is 9. The van der Waals surface area contributed by atoms with Crippen molar-refractivity contribution in [3.63, 3.8) is 0 Å². The van der Waals surface area contributed by atoms with Crippen molar-refractivity contribution < 1.29 is 23.2 Å². The monoisotopic (exact) mass is 540 g/mol. The Balaban J connectivity index is 1.33. The first-order valence-electron chi connectivity index (χ1n) is 13.8. The molecule has 3 heterocycles. The zero-order valence-corrected chi connectivity index (χ0v) is 23.6. The van der Waals surface area contributed by atoms with Gasteiger partial charge in [0.2, 0.25) is 5.91 Å². The highest BCUT2D eigenvalue weighted by atomic mass is 16.5. The smallest absolute Gasteiger partial charge is 0.289 e. The lowest BCUT2D eigenvalue weighted by molar-refractivity contribution is -0.134. The third kappa shape index (κ3) is 6.14. The molecule has 1 aliphatic heterocycles. The molecule has 0 aliphatic carbocycles. The molecular formula is C33H36N2O5. The lowest BCUT2D eigenvalue weighted by Crippen LogP contribution is -2.41. The molecule has 40 heavy (non-hydrogen) atoms. The fourth-order valence-corrected chi connectivity index (χ4v) is 5.15. The van der Waals surface area contributed by atoms with Crippen LogP contribution in [0, 0.1) is 12.8 Å². The van der Waals surface area contributed by atoms with Crippen LogP contribution in [-0.4, -0.2) is 35.2 Å². The first-order valence-corrected chi connectivity index (χ1v) is 13.8. The summed E-state index contributed by atoms with van der Waals surface area (Å²) in [7, 11) is 1.70. The van der Waals surface area contributed by atoms with Crippen LogP contribution < -0.4 is 4.74 Å². The Bertz CT molecular complexity index is 1450. The number of ether oxygens (including phenoxy) is 1. The first-order chi connectivity index (χ1) is 19.3. The molecule has 0 N–H and O–H groups in total. The number of nitrogens with zero attached hydrogens (tertiary/aromatic N) is 2. The minimum atomic E-state index is -0.233. The summed E-state index contributed by atoms with van der Waals surface area (Å²) in [4.78, 5) is 29.6. The van der Waals surface area contributed by atoms with Gasteiger partial charge in [-0.05, 0) is 72.4 Å². The number of carbonyl (C=O) groups excluding carboxylic acids is 2. The molecule has 0 unspecified atom stereocenters. The molecule has 1 aliphatic rings. The SMILES string of the molecule is Cc1ccc([C@H]2c3cc(OCc4ccc(C(=O)N(C)Cc5ccco5)o4)ccc3CCN2C(=O)CC(C)C)cc1. The second-order valence-electron chi connectivity index (χ2n) is 10.9. The summed E-state index contributed by atoms with van der Waals surface area (Å²) in [5.74, 6) is 2.41. The van der Waals surface area contributed by atoms with E-state index in [0.29, 0.717) is 36.8 Å². The fourth-order valence-electron chi connectivity index (χ4n) is 5.15. The molecule has 0 fully saturated rings. The van der Waals surface area contributed by atoms with E-state index in [1.807, 2.05) is 23.1 Å². The summed E-state index contributed by atoms with van der Waals surface area (Å²) in [6.07, 6.45) is 2.90. The molecule has 0 radical (unpaired) electrons. The van der Waals surface area contributed by atoms with E-state index in [-0.39, 0.29) is 36.1 Å². The highest BCUT2D eigenvalue weighted by Gasteiger charge is 2.32. The van der Waals surface area contributed by atoms with Crippen LogP contribution in [0.1, 0.15) is 70.6 Å². The van der Waals surface area contributed by atoms with Gasteiger partial charge in [0.15, 0.2) is 5.76 Å². The second-order valence-corrected chi connectivity index (χ2v) is 10.9. The summed E-state index contributed by atoms with van der Waals surface area (Å²) in [6.45, 7) is 7.44. The quantitative estimate of drug-likeness (QED) is 0.241. The third-order valence-corrected chi connectivity index (χ3v) is 7.22. The van der Waals surface area contributed by atoms with Crippen LogP contribution >= 0.6 is 0 Å². The summed E-state index contributed by atoms with van der Waals surface area (Å²) >= 11 is 0. The molecule has 0 saturated carbocycles. The summed E-state index contributed by atoms with van der Waals surface area (Å²) < 4.78 is 17.3. The lowest BCUT2D eigenvalue weighted by Gasteiger charge is -2.38. The number of hydrogen-bond acceptors (Lipinski definition) is 5. The van der Waals surface area contributed by atoms with Crippen LogP contribution in [0.5, 0.6) is 5.75 Å². The maximum absolute atomic E-state index is 13.3. The Hall–Kier alpha value is -4.26. The summed E-state index contributed by atoms with van der Waals surface area (Å²) in [5.41, 5.74) is 4.57. The molecule has 5 rings (SSSR count). The Morgan fingerprint density at radius 1 is 1.05 bits per heavy atom. The summed E-state index contributed by atoms with van der Waals surface area (Å²) in [5, 5.41) is 0. The van der Waals surface area contributed by atoms with Gasteiger partial charge in [0.1, 0.15) is 23.9 Å². The largest absolute Gasteiger partial charge is 0.486 e. The van der Waals surface area contributed by atoms with E-state index in [1.54, 1.807) is 36.4 Å². The number of carbonyl (C=O) groups is 2. The number of fused-ring (bicyclic) bond motifs is 1. The zero-order valence-electron chi connectivity index (χ0n) is 23.6. The molecule has 7 heteroatoms. The molecule has 1 atom stereocenters. The predicted octanol–water partition coefficient (Wildman–Crippen LogP) is 6.55. The predicted molar refractivity (Wildman–Crippen MR) is 152 cm³/mol. The van der Waals surface area contributed by atoms with Crippen molar-refractivity contribution in [2.75, 3.05) is 13.6 Å². The standard InChI is InChI=1S/C33H36N2O5/c1-22(2)18-31(36)35-16-15-24-11-12-26(19-29(24)32(35)25-9-7-23(3)8-10-25)39-21-28-13-14-30(40-28)33(37)34(4)20-27-6-5-17-38-27/h5-14,17,19,22,32H,15-16,18,20-21H2,1-4H3/t32-/m0/s1. The summed E-state index contributed by atoms with van der Waals surface area (Å²) in [6, 6.07) is 21.4. The molecule has 4 aromatic rings. The van der Waals surface area contributed by atoms with Gasteiger partial charge in [-0.25, -0.2) is 0 Å². The van der Waals surface area contributed by atoms with Gasteiger partial charge in [-0.1, -0.05) is 49.7 Å². The van der Waals surface area contributed by atoms with Crippen LogP contribution in [-0.2, 0) is 24.4 Å². The number of benzene rings is 2. The van der Waals surface area contributed by atoms with Gasteiger partial charge in [-0.2, -0.15) is 0 Å². The van der Waals surface area contributed by atoms with E-state index >= 15 is 0 Å². The molecule has 0 spiro atoms. The zero-order chi connectivity index (χ0) is 28.2. The van der Waals surface area contributed by atoms with Crippen LogP contribution in [0.2, 0.25) is 0 Å². The van der Waals surface area contributed by atoms with Crippen molar-refractivity contribution in [2.24, 2.45) is 5.92 Å². The van der Waals surface area contributed by atoms with E-state index < -0.39 is 0 Å². The topological polar surface area (TPSA) is 76.1 Å². The second kappa shape index (κ2) is 11.9. The Morgan fingerprint density at radius 3 is 2.58 bits per heavy atom. The molecule has 2 aromatic heterocycles. The van der Waals surface area contributed by atoms with Gasteiger partial charge in [-0.15, -0.1) is 0 Å². The first kappa shape index (κ1) is 27.3. The van der Waals surface area contributed by atoms with Gasteiger partial charge in [0, 0.05) is 20.0 Å². The van der Waals surface area contributed by atoms with Crippen molar-refractivity contribution in [3.05, 3.63) is 113 Å². The normalized spacial score (nSPS) is 14.7. The van der Waals surface area contributed by atoms with Crippen LogP contribution in [0.4, 0.5) is 0 Å². The third-order valence-electron chi connectivity index (χ3n) is 7.22.